The molecule has 0 saturated carbocycles. The predicted octanol–water partition coefficient (Wildman–Crippen LogP) is 4.83. The Labute approximate surface area is 160 Å². The Morgan fingerprint density at radius 3 is 2.58 bits per heavy atom. The Hall–Kier alpha value is -2.25. The highest BCUT2D eigenvalue weighted by molar-refractivity contribution is 8.00. The lowest BCUT2D eigenvalue weighted by Gasteiger charge is -2.23. The quantitative estimate of drug-likeness (QED) is 0.690. The van der Waals surface area contributed by atoms with Crippen LogP contribution in [0.2, 0.25) is 0 Å². The van der Waals surface area contributed by atoms with Crippen LogP contribution >= 0.6 is 11.8 Å². The molecule has 2 aromatic carbocycles. The van der Waals surface area contributed by atoms with Crippen molar-refractivity contribution in [3.05, 3.63) is 58.7 Å². The lowest BCUT2D eigenvalue weighted by atomic mass is 10.1. The highest BCUT2D eigenvalue weighted by atomic mass is 32.2. The molecular weight excluding hydrogens is 340 g/mol. The number of nitriles is 1. The molecule has 26 heavy (non-hydrogen) atoms. The first-order chi connectivity index (χ1) is 12.6. The molecule has 0 aromatic heterocycles. The van der Waals surface area contributed by atoms with Crippen LogP contribution in [0.1, 0.15) is 35.1 Å². The zero-order chi connectivity index (χ0) is 18.5. The number of benzene rings is 2. The van der Waals surface area contributed by atoms with Crippen molar-refractivity contribution in [3.63, 3.8) is 0 Å². The summed E-state index contributed by atoms with van der Waals surface area (Å²) in [5, 5.41) is 8.96. The SMILES string of the molecule is Cc1cc(C)cc(N(CCC#N)C(=O)CSc2ccc3c(c2)CCC3)c1. The van der Waals surface area contributed by atoms with E-state index in [4.69, 9.17) is 5.26 Å². The number of fused-ring (bicyclic) bond motifs is 1. The molecule has 0 radical (unpaired) electrons. The Balaban J connectivity index is 1.72. The molecule has 0 atom stereocenters. The summed E-state index contributed by atoms with van der Waals surface area (Å²) in [5.74, 6) is 0.438. The number of rotatable bonds is 6. The van der Waals surface area contributed by atoms with E-state index >= 15 is 0 Å². The maximum absolute atomic E-state index is 12.9. The van der Waals surface area contributed by atoms with E-state index in [0.717, 1.165) is 28.1 Å². The fraction of sp³-hybridized carbons (Fsp3) is 0.364. The molecule has 1 aliphatic carbocycles. The van der Waals surface area contributed by atoms with Gasteiger partial charge in [-0.3, -0.25) is 4.79 Å². The topological polar surface area (TPSA) is 44.1 Å². The third-order valence-electron chi connectivity index (χ3n) is 4.70. The van der Waals surface area contributed by atoms with Crippen molar-refractivity contribution in [1.29, 1.82) is 5.26 Å². The van der Waals surface area contributed by atoms with Crippen LogP contribution in [0, 0.1) is 25.2 Å². The van der Waals surface area contributed by atoms with Gasteiger partial charge in [-0.15, -0.1) is 11.8 Å². The largest absolute Gasteiger partial charge is 0.311 e. The van der Waals surface area contributed by atoms with E-state index < -0.39 is 0 Å². The van der Waals surface area contributed by atoms with Gasteiger partial charge >= 0.3 is 0 Å². The third kappa shape index (κ3) is 4.47. The lowest BCUT2D eigenvalue weighted by Crippen LogP contribution is -2.33. The molecule has 4 heteroatoms. The molecule has 0 aliphatic heterocycles. The van der Waals surface area contributed by atoms with Crippen molar-refractivity contribution < 1.29 is 4.79 Å². The molecular formula is C22H24N2OS. The lowest BCUT2D eigenvalue weighted by molar-refractivity contribution is -0.116. The molecule has 134 valence electrons. The number of hydrogen-bond donors (Lipinski definition) is 0. The first-order valence-electron chi connectivity index (χ1n) is 9.07. The summed E-state index contributed by atoms with van der Waals surface area (Å²) in [4.78, 5) is 15.8. The highest BCUT2D eigenvalue weighted by Gasteiger charge is 2.17. The average Bonchev–Trinajstić information content (AvgIpc) is 3.07. The van der Waals surface area contributed by atoms with Gasteiger partial charge in [-0.1, -0.05) is 12.1 Å². The van der Waals surface area contributed by atoms with Crippen LogP contribution in [0.25, 0.3) is 0 Å². The number of nitrogens with zero attached hydrogens (tertiary/aromatic N) is 2. The maximum atomic E-state index is 12.9. The van der Waals surface area contributed by atoms with Gasteiger partial charge in [0.1, 0.15) is 0 Å². The summed E-state index contributed by atoms with van der Waals surface area (Å²) in [5.41, 5.74) is 6.02. The van der Waals surface area contributed by atoms with Crippen LogP contribution < -0.4 is 4.90 Å². The summed E-state index contributed by atoms with van der Waals surface area (Å²) in [6.07, 6.45) is 3.89. The van der Waals surface area contributed by atoms with Crippen molar-refractivity contribution in [3.8, 4) is 6.07 Å². The Bertz CT molecular complexity index is 833. The number of aryl methyl sites for hydroxylation is 4. The predicted molar refractivity (Wildman–Crippen MR) is 108 cm³/mol. The summed E-state index contributed by atoms with van der Waals surface area (Å²) >= 11 is 1.59. The van der Waals surface area contributed by atoms with Gasteiger partial charge in [-0.05, 0) is 79.6 Å². The van der Waals surface area contributed by atoms with Gasteiger partial charge in [0.15, 0.2) is 0 Å². The minimum absolute atomic E-state index is 0.0516. The van der Waals surface area contributed by atoms with Crippen molar-refractivity contribution in [1.82, 2.24) is 0 Å². The second-order valence-corrected chi connectivity index (χ2v) is 7.92. The molecule has 0 saturated heterocycles. The van der Waals surface area contributed by atoms with Crippen LogP contribution in [0.4, 0.5) is 5.69 Å². The molecule has 1 aliphatic rings. The van der Waals surface area contributed by atoms with Gasteiger partial charge in [-0.25, -0.2) is 0 Å². The van der Waals surface area contributed by atoms with E-state index in [2.05, 4.69) is 30.3 Å². The van der Waals surface area contributed by atoms with E-state index in [0.29, 0.717) is 18.7 Å². The normalized spacial score (nSPS) is 12.5. The second kappa shape index (κ2) is 8.42. The number of carbonyl (C=O) groups excluding carboxylic acids is 1. The molecule has 0 bridgehead atoms. The van der Waals surface area contributed by atoms with Crippen molar-refractivity contribution in [2.45, 2.75) is 44.4 Å². The second-order valence-electron chi connectivity index (χ2n) is 6.87. The van der Waals surface area contributed by atoms with Crippen molar-refractivity contribution in [2.24, 2.45) is 0 Å². The smallest absolute Gasteiger partial charge is 0.237 e. The molecule has 0 N–H and O–H groups in total. The van der Waals surface area contributed by atoms with E-state index in [9.17, 15) is 4.79 Å². The number of anilines is 1. The van der Waals surface area contributed by atoms with E-state index in [1.54, 1.807) is 16.7 Å². The van der Waals surface area contributed by atoms with Crippen molar-refractivity contribution >= 4 is 23.4 Å². The molecule has 2 aromatic rings. The zero-order valence-electron chi connectivity index (χ0n) is 15.4. The highest BCUT2D eigenvalue weighted by Crippen LogP contribution is 2.28. The van der Waals surface area contributed by atoms with Crippen LogP contribution in [0.3, 0.4) is 0 Å². The Morgan fingerprint density at radius 2 is 1.85 bits per heavy atom. The molecule has 3 rings (SSSR count). The Kier molecular flexibility index (Phi) is 6.00. The van der Waals surface area contributed by atoms with E-state index in [-0.39, 0.29) is 5.91 Å². The van der Waals surface area contributed by atoms with Gasteiger partial charge in [0.25, 0.3) is 0 Å². The summed E-state index contributed by atoms with van der Waals surface area (Å²) < 4.78 is 0. The minimum Gasteiger partial charge on any atom is -0.311 e. The van der Waals surface area contributed by atoms with E-state index in [1.165, 1.54) is 24.0 Å². The number of thioether (sulfide) groups is 1. The first-order valence-corrected chi connectivity index (χ1v) is 10.1. The first kappa shape index (κ1) is 18.5. The standard InChI is InChI=1S/C22H24N2OS/c1-16-11-17(2)13-20(12-16)24(10-4-9-23)22(25)15-26-21-8-7-18-5-3-6-19(18)14-21/h7-8,11-14H,3-6,10,15H2,1-2H3. The summed E-state index contributed by atoms with van der Waals surface area (Å²) in [6, 6.07) is 14.8. The van der Waals surface area contributed by atoms with Gasteiger partial charge < -0.3 is 4.90 Å². The van der Waals surface area contributed by atoms with E-state index in [1.807, 2.05) is 26.0 Å². The van der Waals surface area contributed by atoms with Crippen LogP contribution in [0.15, 0.2) is 41.3 Å². The van der Waals surface area contributed by atoms with Crippen LogP contribution in [0.5, 0.6) is 0 Å². The Morgan fingerprint density at radius 1 is 1.12 bits per heavy atom. The minimum atomic E-state index is 0.0516. The third-order valence-corrected chi connectivity index (χ3v) is 5.68. The van der Waals surface area contributed by atoms with Crippen LogP contribution in [-0.4, -0.2) is 18.2 Å². The number of amides is 1. The van der Waals surface area contributed by atoms with Gasteiger partial charge in [-0.2, -0.15) is 5.26 Å². The fourth-order valence-electron chi connectivity index (χ4n) is 3.53. The summed E-state index contributed by atoms with van der Waals surface area (Å²) in [6.45, 7) is 4.49. The molecule has 1 amide bonds. The van der Waals surface area contributed by atoms with Gasteiger partial charge in [0.2, 0.25) is 5.91 Å². The van der Waals surface area contributed by atoms with Gasteiger partial charge in [0.05, 0.1) is 18.2 Å². The van der Waals surface area contributed by atoms with Crippen LogP contribution in [-0.2, 0) is 17.6 Å². The fourth-order valence-corrected chi connectivity index (χ4v) is 4.36. The number of hydrogen-bond acceptors (Lipinski definition) is 3. The average molecular weight is 365 g/mol. The zero-order valence-corrected chi connectivity index (χ0v) is 16.2. The molecule has 0 heterocycles. The van der Waals surface area contributed by atoms with Gasteiger partial charge in [0, 0.05) is 17.1 Å². The molecule has 0 fully saturated rings. The molecule has 0 unspecified atom stereocenters. The maximum Gasteiger partial charge on any atom is 0.237 e. The van der Waals surface area contributed by atoms with Crippen molar-refractivity contribution in [2.75, 3.05) is 17.2 Å². The molecule has 3 nitrogen and oxygen atoms in total. The summed E-state index contributed by atoms with van der Waals surface area (Å²) in [7, 11) is 0. The molecule has 0 spiro atoms. The number of carbonyl (C=O) groups is 1. The monoisotopic (exact) mass is 364 g/mol.